The summed E-state index contributed by atoms with van der Waals surface area (Å²) in [6.07, 6.45) is 0. The number of hydrazone groups is 1. The van der Waals surface area contributed by atoms with Gasteiger partial charge in [-0.05, 0) is 29.8 Å². The Morgan fingerprint density at radius 1 is 1.00 bits per heavy atom. The summed E-state index contributed by atoms with van der Waals surface area (Å²) in [5, 5.41) is 7.27. The van der Waals surface area contributed by atoms with E-state index in [9.17, 15) is 8.42 Å². The third-order valence-corrected chi connectivity index (χ3v) is 6.33. The zero-order chi connectivity index (χ0) is 16.0. The van der Waals surface area contributed by atoms with Crippen LogP contribution in [-0.4, -0.2) is 31.7 Å². The molecule has 0 bridgehead atoms. The van der Waals surface area contributed by atoms with Crippen molar-refractivity contribution in [3.8, 4) is 0 Å². The van der Waals surface area contributed by atoms with Crippen molar-refractivity contribution < 1.29 is 8.42 Å². The Bertz CT molecular complexity index is 863. The van der Waals surface area contributed by atoms with Crippen molar-refractivity contribution >= 4 is 32.8 Å². The van der Waals surface area contributed by atoms with E-state index in [0.717, 1.165) is 17.0 Å². The lowest BCUT2D eigenvalue weighted by Gasteiger charge is -2.21. The van der Waals surface area contributed by atoms with Crippen molar-refractivity contribution in [2.45, 2.75) is 6.04 Å². The quantitative estimate of drug-likeness (QED) is 0.840. The van der Waals surface area contributed by atoms with Crippen LogP contribution >= 0.6 is 11.6 Å². The second-order valence-corrected chi connectivity index (χ2v) is 8.51. The van der Waals surface area contributed by atoms with Gasteiger partial charge in [0.1, 0.15) is 0 Å². The molecule has 1 saturated heterocycles. The molecule has 2 unspecified atom stereocenters. The molecule has 2 aromatic rings. The Morgan fingerprint density at radius 3 is 2.39 bits per heavy atom. The number of nitrogens with zero attached hydrogens (tertiary/aromatic N) is 2. The number of halogens is 1. The number of hydrogen-bond donors (Lipinski definition) is 0. The Hall–Kier alpha value is -1.85. The van der Waals surface area contributed by atoms with Crippen molar-refractivity contribution in [3.05, 3.63) is 65.2 Å². The zero-order valence-corrected chi connectivity index (χ0v) is 13.8. The first-order valence-corrected chi connectivity index (χ1v) is 9.62. The van der Waals surface area contributed by atoms with E-state index in [4.69, 9.17) is 16.7 Å². The van der Waals surface area contributed by atoms with E-state index >= 15 is 0 Å². The summed E-state index contributed by atoms with van der Waals surface area (Å²) < 4.78 is 24.3. The molecule has 2 heterocycles. The molecule has 4 rings (SSSR count). The molecule has 0 aliphatic carbocycles. The molecule has 0 N–H and O–H groups in total. The van der Waals surface area contributed by atoms with Gasteiger partial charge in [0, 0.05) is 10.9 Å². The first-order chi connectivity index (χ1) is 11.0. The van der Waals surface area contributed by atoms with E-state index in [0.29, 0.717) is 5.02 Å². The summed E-state index contributed by atoms with van der Waals surface area (Å²) in [6.45, 7) is 0. The maximum atomic E-state index is 12.1. The van der Waals surface area contributed by atoms with Gasteiger partial charge in [0.25, 0.3) is 0 Å². The third-order valence-electron chi connectivity index (χ3n) is 4.36. The molecule has 1 fully saturated rings. The van der Waals surface area contributed by atoms with Crippen LogP contribution in [0, 0.1) is 5.92 Å². The van der Waals surface area contributed by atoms with Gasteiger partial charge in [-0.1, -0.05) is 41.9 Å². The highest BCUT2D eigenvalue weighted by Crippen LogP contribution is 2.36. The number of fused-ring (bicyclic) bond motifs is 1. The van der Waals surface area contributed by atoms with Crippen LogP contribution < -0.4 is 5.01 Å². The monoisotopic (exact) mass is 346 g/mol. The van der Waals surface area contributed by atoms with Gasteiger partial charge in [-0.25, -0.2) is 8.42 Å². The van der Waals surface area contributed by atoms with Crippen LogP contribution in [0.25, 0.3) is 0 Å². The normalized spacial score (nSPS) is 25.3. The van der Waals surface area contributed by atoms with Crippen molar-refractivity contribution in [1.82, 2.24) is 0 Å². The molecule has 2 aliphatic rings. The lowest BCUT2D eigenvalue weighted by atomic mass is 9.94. The van der Waals surface area contributed by atoms with Gasteiger partial charge >= 0.3 is 0 Å². The number of benzene rings is 2. The highest BCUT2D eigenvalue weighted by molar-refractivity contribution is 7.91. The van der Waals surface area contributed by atoms with Gasteiger partial charge in [-0.15, -0.1) is 0 Å². The number of hydrogen-bond acceptors (Lipinski definition) is 4. The fraction of sp³-hybridized carbons (Fsp3) is 0.235. The summed E-state index contributed by atoms with van der Waals surface area (Å²) in [7, 11) is -3.04. The summed E-state index contributed by atoms with van der Waals surface area (Å²) in [5.74, 6) is 0.205. The predicted molar refractivity (Wildman–Crippen MR) is 92.8 cm³/mol. The van der Waals surface area contributed by atoms with E-state index in [2.05, 4.69) is 0 Å². The summed E-state index contributed by atoms with van der Waals surface area (Å²) in [4.78, 5) is 0. The maximum absolute atomic E-state index is 12.1. The highest BCUT2D eigenvalue weighted by atomic mass is 35.5. The van der Waals surface area contributed by atoms with Crippen LogP contribution in [0.4, 0.5) is 5.69 Å². The minimum atomic E-state index is -3.04. The molecule has 0 aromatic heterocycles. The minimum Gasteiger partial charge on any atom is -0.260 e. The zero-order valence-electron chi connectivity index (χ0n) is 12.3. The van der Waals surface area contributed by atoms with E-state index in [-0.39, 0.29) is 23.5 Å². The van der Waals surface area contributed by atoms with Gasteiger partial charge in [0.2, 0.25) is 0 Å². The molecule has 2 aliphatic heterocycles. The molecule has 4 nitrogen and oxygen atoms in total. The standard InChI is InChI=1S/C17H15ClN2O2S/c18-13-8-6-12(7-9-13)17-15-10-23(21,22)11-16(15)20(19-17)14-4-2-1-3-5-14/h1-9,15-16H,10-11H2. The topological polar surface area (TPSA) is 49.7 Å². The average Bonchev–Trinajstić information content (AvgIpc) is 3.02. The number of rotatable bonds is 2. The van der Waals surface area contributed by atoms with E-state index < -0.39 is 9.84 Å². The van der Waals surface area contributed by atoms with E-state index in [1.807, 2.05) is 59.6 Å². The number of anilines is 1. The Balaban J connectivity index is 1.79. The van der Waals surface area contributed by atoms with Crippen LogP contribution in [0.15, 0.2) is 59.7 Å². The molecule has 0 radical (unpaired) electrons. The van der Waals surface area contributed by atoms with Gasteiger partial charge < -0.3 is 0 Å². The fourth-order valence-corrected chi connectivity index (χ4v) is 5.40. The van der Waals surface area contributed by atoms with Crippen molar-refractivity contribution in [2.24, 2.45) is 11.0 Å². The molecule has 6 heteroatoms. The lowest BCUT2D eigenvalue weighted by molar-refractivity contribution is 0.600. The summed E-state index contributed by atoms with van der Waals surface area (Å²) in [6, 6.07) is 17.0. The van der Waals surface area contributed by atoms with Crippen LogP contribution in [-0.2, 0) is 9.84 Å². The second-order valence-electron chi connectivity index (χ2n) is 5.92. The van der Waals surface area contributed by atoms with Gasteiger partial charge in [-0.3, -0.25) is 5.01 Å². The SMILES string of the molecule is O=S1(=O)CC2C(c3ccc(Cl)cc3)=NN(c3ccccc3)C2C1. The molecule has 0 spiro atoms. The third kappa shape index (κ3) is 2.64. The largest absolute Gasteiger partial charge is 0.260 e. The van der Waals surface area contributed by atoms with Crippen LogP contribution in [0.2, 0.25) is 5.02 Å². The molecular weight excluding hydrogens is 332 g/mol. The molecule has 2 aromatic carbocycles. The van der Waals surface area contributed by atoms with Crippen LogP contribution in [0.5, 0.6) is 0 Å². The summed E-state index contributed by atoms with van der Waals surface area (Å²) >= 11 is 5.95. The number of sulfone groups is 1. The van der Waals surface area contributed by atoms with E-state index in [1.54, 1.807) is 0 Å². The van der Waals surface area contributed by atoms with E-state index in [1.165, 1.54) is 0 Å². The van der Waals surface area contributed by atoms with Gasteiger partial charge in [-0.2, -0.15) is 5.10 Å². The first kappa shape index (κ1) is 14.7. The van der Waals surface area contributed by atoms with Crippen LogP contribution in [0.1, 0.15) is 5.56 Å². The van der Waals surface area contributed by atoms with Crippen molar-refractivity contribution in [2.75, 3.05) is 16.5 Å². The smallest absolute Gasteiger partial charge is 0.153 e. The van der Waals surface area contributed by atoms with Gasteiger partial charge in [0.15, 0.2) is 9.84 Å². The van der Waals surface area contributed by atoms with Crippen molar-refractivity contribution in [3.63, 3.8) is 0 Å². The minimum absolute atomic E-state index is 0.0959. The molecule has 118 valence electrons. The van der Waals surface area contributed by atoms with Crippen LogP contribution in [0.3, 0.4) is 0 Å². The average molecular weight is 347 g/mol. The fourth-order valence-electron chi connectivity index (χ4n) is 3.32. The highest BCUT2D eigenvalue weighted by Gasteiger charge is 2.48. The Kier molecular flexibility index (Phi) is 3.43. The second kappa shape index (κ2) is 5.35. The Morgan fingerprint density at radius 2 is 1.70 bits per heavy atom. The molecule has 0 saturated carbocycles. The van der Waals surface area contributed by atoms with Gasteiger partial charge in [0.05, 0.1) is 28.9 Å². The molecular formula is C17H15ClN2O2S. The number of para-hydroxylation sites is 1. The predicted octanol–water partition coefficient (Wildman–Crippen LogP) is 2.98. The molecule has 2 atom stereocenters. The maximum Gasteiger partial charge on any atom is 0.153 e. The summed E-state index contributed by atoms with van der Waals surface area (Å²) in [5.41, 5.74) is 2.68. The first-order valence-electron chi connectivity index (χ1n) is 7.43. The molecule has 23 heavy (non-hydrogen) atoms. The van der Waals surface area contributed by atoms with Crippen molar-refractivity contribution in [1.29, 1.82) is 0 Å². The lowest BCUT2D eigenvalue weighted by Crippen LogP contribution is -2.32. The Labute approximate surface area is 140 Å². The molecule has 0 amide bonds.